The molecule has 0 radical (unpaired) electrons. The third-order valence-corrected chi connectivity index (χ3v) is 6.77. The molecule has 0 aliphatic carbocycles. The van der Waals surface area contributed by atoms with Crippen LogP contribution in [0, 0.1) is 6.92 Å². The normalized spacial score (nSPS) is 19.0. The molecule has 7 nitrogen and oxygen atoms in total. The number of nitrogens with zero attached hydrogens (tertiary/aromatic N) is 6. The van der Waals surface area contributed by atoms with E-state index in [-0.39, 0.29) is 35.3 Å². The highest BCUT2D eigenvalue weighted by molar-refractivity contribution is 7.09. The van der Waals surface area contributed by atoms with Gasteiger partial charge in [-0.05, 0) is 49.2 Å². The topological polar surface area (TPSA) is 71.2 Å². The maximum atomic E-state index is 15.0. The van der Waals surface area contributed by atoms with Crippen LogP contribution in [0.3, 0.4) is 0 Å². The maximum absolute atomic E-state index is 15.0. The molecule has 0 unspecified atom stereocenters. The molecule has 1 N–H and O–H groups in total. The van der Waals surface area contributed by atoms with Crippen molar-refractivity contribution in [3.05, 3.63) is 53.5 Å². The molecule has 1 aliphatic heterocycles. The Hall–Kier alpha value is -3.49. The molecule has 3 aromatic heterocycles. The van der Waals surface area contributed by atoms with Gasteiger partial charge >= 0.3 is 12.4 Å². The van der Waals surface area contributed by atoms with E-state index in [4.69, 9.17) is 0 Å². The zero-order valence-corrected chi connectivity index (χ0v) is 19.8. The average Bonchev–Trinajstić information content (AvgIpc) is 3.44. The maximum Gasteiger partial charge on any atom is 0.416 e. The van der Waals surface area contributed by atoms with Gasteiger partial charge < -0.3 is 10.2 Å². The first-order chi connectivity index (χ1) is 17.4. The molecule has 1 saturated heterocycles. The minimum atomic E-state index is -4.99. The Morgan fingerprint density at radius 3 is 2.32 bits per heavy atom. The van der Waals surface area contributed by atoms with E-state index in [1.54, 1.807) is 11.8 Å². The number of fused-ring (bicyclic) bond motifs is 1. The van der Waals surface area contributed by atoms with Gasteiger partial charge in [0, 0.05) is 29.8 Å². The second-order valence-corrected chi connectivity index (χ2v) is 9.28. The molecule has 0 spiro atoms. The van der Waals surface area contributed by atoms with E-state index in [2.05, 4.69) is 24.8 Å². The van der Waals surface area contributed by atoms with Gasteiger partial charge in [-0.15, -0.1) is 5.10 Å². The lowest BCUT2D eigenvalue weighted by Gasteiger charge is -2.34. The standard InChI is InChI=1S/C22H18F7N7S/c1-11-30-20(37-34-11)35-6-4-17(16(23)10-35)31-19-32-18-15(3-2-5-36(18)33-19)12-7-13(21(24,25)26)9-14(8-12)22(27,28)29/h2-3,5,7-9,16-17H,4,6,10H2,1H3,(H,31,33)/t16-,17+/m0/s1. The summed E-state index contributed by atoms with van der Waals surface area (Å²) in [6, 6.07) is 3.45. The van der Waals surface area contributed by atoms with Crippen LogP contribution in [-0.2, 0) is 12.4 Å². The smallest absolute Gasteiger partial charge is 0.347 e. The minimum Gasteiger partial charge on any atom is -0.347 e. The number of aromatic nitrogens is 5. The number of pyridine rings is 1. The number of hydrogen-bond acceptors (Lipinski definition) is 7. The second kappa shape index (κ2) is 9.11. The lowest BCUT2D eigenvalue weighted by Crippen LogP contribution is -2.48. The van der Waals surface area contributed by atoms with Crippen LogP contribution >= 0.6 is 11.5 Å². The molecule has 5 rings (SSSR count). The van der Waals surface area contributed by atoms with Gasteiger partial charge in [0.15, 0.2) is 5.65 Å². The molecular formula is C22H18F7N7S. The van der Waals surface area contributed by atoms with E-state index in [1.807, 2.05) is 0 Å². The predicted molar refractivity (Wildman–Crippen MR) is 122 cm³/mol. The highest BCUT2D eigenvalue weighted by atomic mass is 32.1. The molecule has 1 aliphatic rings. The molecule has 1 aromatic carbocycles. The largest absolute Gasteiger partial charge is 0.416 e. The first-order valence-corrected chi connectivity index (χ1v) is 11.8. The summed E-state index contributed by atoms with van der Waals surface area (Å²) in [7, 11) is 0. The second-order valence-electron chi connectivity index (χ2n) is 8.55. The number of halogens is 7. The van der Waals surface area contributed by atoms with Crippen molar-refractivity contribution in [1.82, 2.24) is 24.0 Å². The number of hydrogen-bond donors (Lipinski definition) is 1. The van der Waals surface area contributed by atoms with Crippen LogP contribution in [-0.4, -0.2) is 49.3 Å². The molecule has 0 bridgehead atoms. The number of aryl methyl sites for hydroxylation is 1. The van der Waals surface area contributed by atoms with Crippen molar-refractivity contribution in [2.24, 2.45) is 0 Å². The van der Waals surface area contributed by atoms with E-state index < -0.39 is 35.7 Å². The van der Waals surface area contributed by atoms with Crippen LogP contribution < -0.4 is 10.2 Å². The molecule has 15 heteroatoms. The third-order valence-electron chi connectivity index (χ3n) is 5.90. The van der Waals surface area contributed by atoms with E-state index in [1.165, 1.54) is 34.4 Å². The van der Waals surface area contributed by atoms with Crippen molar-refractivity contribution in [2.75, 3.05) is 23.3 Å². The Bertz CT molecular complexity index is 1400. The van der Waals surface area contributed by atoms with Gasteiger partial charge in [0.05, 0.1) is 23.7 Å². The van der Waals surface area contributed by atoms with Crippen molar-refractivity contribution in [3.63, 3.8) is 0 Å². The van der Waals surface area contributed by atoms with Crippen LogP contribution in [0.15, 0.2) is 36.5 Å². The monoisotopic (exact) mass is 545 g/mol. The fourth-order valence-electron chi connectivity index (χ4n) is 4.12. The summed E-state index contributed by atoms with van der Waals surface area (Å²) in [6.45, 7) is 2.30. The third kappa shape index (κ3) is 5.17. The van der Waals surface area contributed by atoms with Gasteiger partial charge in [0.1, 0.15) is 12.0 Å². The summed E-state index contributed by atoms with van der Waals surface area (Å²) in [5.74, 6) is 0.604. The van der Waals surface area contributed by atoms with E-state index in [0.29, 0.717) is 36.1 Å². The Labute approximate surface area is 209 Å². The van der Waals surface area contributed by atoms with Crippen molar-refractivity contribution in [2.45, 2.75) is 37.9 Å². The quantitative estimate of drug-likeness (QED) is 0.336. The first kappa shape index (κ1) is 25.2. The van der Waals surface area contributed by atoms with Crippen LogP contribution in [0.4, 0.5) is 41.8 Å². The summed E-state index contributed by atoms with van der Waals surface area (Å²) < 4.78 is 100. The van der Waals surface area contributed by atoms with Gasteiger partial charge in [-0.25, -0.2) is 13.9 Å². The molecule has 4 aromatic rings. The molecule has 0 amide bonds. The summed E-state index contributed by atoms with van der Waals surface area (Å²) in [6.07, 6.45) is -9.46. The van der Waals surface area contributed by atoms with E-state index >= 15 is 0 Å². The number of piperidine rings is 1. The number of benzene rings is 1. The molecule has 2 atom stereocenters. The molecule has 196 valence electrons. The van der Waals surface area contributed by atoms with E-state index in [9.17, 15) is 30.7 Å². The van der Waals surface area contributed by atoms with Crippen LogP contribution in [0.25, 0.3) is 16.8 Å². The van der Waals surface area contributed by atoms with Crippen molar-refractivity contribution in [3.8, 4) is 11.1 Å². The van der Waals surface area contributed by atoms with Crippen molar-refractivity contribution < 1.29 is 30.7 Å². The highest BCUT2D eigenvalue weighted by Gasteiger charge is 2.37. The number of anilines is 2. The predicted octanol–water partition coefficient (Wildman–Crippen LogP) is 5.62. The van der Waals surface area contributed by atoms with Gasteiger partial charge in [0.25, 0.3) is 0 Å². The lowest BCUT2D eigenvalue weighted by molar-refractivity contribution is -0.143. The number of rotatable bonds is 4. The van der Waals surface area contributed by atoms with Crippen LogP contribution in [0.1, 0.15) is 23.4 Å². The molecule has 1 fully saturated rings. The van der Waals surface area contributed by atoms with E-state index in [0.717, 1.165) is 0 Å². The highest BCUT2D eigenvalue weighted by Crippen LogP contribution is 2.39. The Balaban J connectivity index is 1.43. The Kier molecular flexibility index (Phi) is 6.20. The zero-order chi connectivity index (χ0) is 26.5. The summed E-state index contributed by atoms with van der Waals surface area (Å²) >= 11 is 1.18. The fourth-order valence-corrected chi connectivity index (χ4v) is 4.83. The molecule has 37 heavy (non-hydrogen) atoms. The lowest BCUT2D eigenvalue weighted by atomic mass is 10.00. The zero-order valence-electron chi connectivity index (χ0n) is 19.0. The number of nitrogens with one attached hydrogen (secondary N) is 1. The Morgan fingerprint density at radius 1 is 1.03 bits per heavy atom. The summed E-state index contributed by atoms with van der Waals surface area (Å²) in [5.41, 5.74) is -3.16. The molecule has 0 saturated carbocycles. The SMILES string of the molecule is Cc1nsc(N2CC[C@@H](Nc3nc4c(-c5cc(C(F)(F)F)cc(C(F)(F)F)c5)cccn4n3)[C@@H](F)C2)n1. The van der Waals surface area contributed by atoms with Gasteiger partial charge in [-0.2, -0.15) is 35.7 Å². The Morgan fingerprint density at radius 2 is 1.73 bits per heavy atom. The summed E-state index contributed by atoms with van der Waals surface area (Å²) in [5, 5.41) is 7.73. The fraction of sp³-hybridized carbons (Fsp3) is 0.364. The van der Waals surface area contributed by atoms with Gasteiger partial charge in [-0.1, -0.05) is 0 Å². The average molecular weight is 545 g/mol. The molecule has 4 heterocycles. The van der Waals surface area contributed by atoms with Gasteiger partial charge in [0.2, 0.25) is 11.1 Å². The molecular weight excluding hydrogens is 527 g/mol. The van der Waals surface area contributed by atoms with Crippen LogP contribution in [0.2, 0.25) is 0 Å². The van der Waals surface area contributed by atoms with Gasteiger partial charge in [-0.3, -0.25) is 0 Å². The number of alkyl halides is 7. The van der Waals surface area contributed by atoms with Crippen LogP contribution in [0.5, 0.6) is 0 Å². The first-order valence-electron chi connectivity index (χ1n) is 11.0. The van der Waals surface area contributed by atoms with Crippen molar-refractivity contribution >= 4 is 28.3 Å². The van der Waals surface area contributed by atoms with Crippen molar-refractivity contribution in [1.29, 1.82) is 0 Å². The minimum absolute atomic E-state index is 0.00308. The summed E-state index contributed by atoms with van der Waals surface area (Å²) in [4.78, 5) is 10.3.